The lowest BCUT2D eigenvalue weighted by atomic mass is 9.98. The van der Waals surface area contributed by atoms with Crippen molar-refractivity contribution in [1.29, 1.82) is 0 Å². The van der Waals surface area contributed by atoms with Crippen LogP contribution in [0.15, 0.2) is 41.3 Å². The van der Waals surface area contributed by atoms with Crippen molar-refractivity contribution in [3.8, 4) is 22.5 Å². The van der Waals surface area contributed by atoms with Crippen LogP contribution >= 0.6 is 11.3 Å². The highest BCUT2D eigenvalue weighted by Gasteiger charge is 2.24. The highest BCUT2D eigenvalue weighted by Crippen LogP contribution is 2.40. The number of rotatable bonds is 9. The van der Waals surface area contributed by atoms with Crippen molar-refractivity contribution in [1.82, 2.24) is 25.6 Å². The van der Waals surface area contributed by atoms with Crippen LogP contribution < -0.4 is 15.8 Å². The standard InChI is InChI=1S/C20H24N8O2S2/c1-28(12-4-2-3-11-21)20-23-18-14(8-5-9-15(18)31-20)13-7-6-10-16(32(22,29)30)17(13)19-24-26-27-25-19/h5-10H,2-4,11-12,21H2,1H3,(H2,22,29,30)(H,24,25,26,27). The zero-order chi connectivity index (χ0) is 22.7. The van der Waals surface area contributed by atoms with E-state index in [1.165, 1.54) is 6.07 Å². The minimum absolute atomic E-state index is 0.0686. The molecule has 0 spiro atoms. The number of primary sulfonamides is 1. The Bertz CT molecular complexity index is 1320. The van der Waals surface area contributed by atoms with E-state index in [9.17, 15) is 8.42 Å². The maximum absolute atomic E-state index is 12.3. The van der Waals surface area contributed by atoms with Gasteiger partial charge in [0.25, 0.3) is 0 Å². The molecule has 32 heavy (non-hydrogen) atoms. The van der Waals surface area contributed by atoms with Crippen LogP contribution in [0.2, 0.25) is 0 Å². The van der Waals surface area contributed by atoms with E-state index in [-0.39, 0.29) is 10.7 Å². The minimum Gasteiger partial charge on any atom is -0.351 e. The van der Waals surface area contributed by atoms with E-state index in [0.29, 0.717) is 17.7 Å². The Balaban J connectivity index is 1.82. The molecule has 0 amide bonds. The second kappa shape index (κ2) is 9.28. The lowest BCUT2D eigenvalue weighted by molar-refractivity contribution is 0.598. The molecule has 0 bridgehead atoms. The number of nitrogens with one attached hydrogen (secondary N) is 1. The van der Waals surface area contributed by atoms with Gasteiger partial charge in [0.05, 0.1) is 20.7 Å². The molecule has 2 heterocycles. The molecule has 10 nitrogen and oxygen atoms in total. The van der Waals surface area contributed by atoms with Crippen molar-refractivity contribution in [3.05, 3.63) is 36.4 Å². The number of benzene rings is 2. The van der Waals surface area contributed by atoms with Gasteiger partial charge in [-0.2, -0.15) is 5.21 Å². The van der Waals surface area contributed by atoms with Gasteiger partial charge in [-0.15, -0.1) is 10.2 Å². The summed E-state index contributed by atoms with van der Waals surface area (Å²) < 4.78 is 25.6. The van der Waals surface area contributed by atoms with E-state index < -0.39 is 10.0 Å². The summed E-state index contributed by atoms with van der Waals surface area (Å²) in [6.07, 6.45) is 3.12. The van der Waals surface area contributed by atoms with Gasteiger partial charge >= 0.3 is 0 Å². The molecule has 0 aliphatic heterocycles. The molecule has 0 saturated heterocycles. The Labute approximate surface area is 189 Å². The fourth-order valence-corrected chi connectivity index (χ4v) is 5.31. The summed E-state index contributed by atoms with van der Waals surface area (Å²) >= 11 is 1.59. The van der Waals surface area contributed by atoms with Gasteiger partial charge in [-0.1, -0.05) is 42.0 Å². The fourth-order valence-electron chi connectivity index (χ4n) is 3.57. The van der Waals surface area contributed by atoms with Crippen LogP contribution in [0.25, 0.3) is 32.7 Å². The van der Waals surface area contributed by atoms with Gasteiger partial charge < -0.3 is 10.6 Å². The van der Waals surface area contributed by atoms with Crippen LogP contribution in [0.5, 0.6) is 0 Å². The monoisotopic (exact) mass is 472 g/mol. The summed E-state index contributed by atoms with van der Waals surface area (Å²) in [6, 6.07) is 10.7. The number of nitrogens with two attached hydrogens (primary N) is 2. The molecule has 0 radical (unpaired) electrons. The molecule has 0 atom stereocenters. The van der Waals surface area contributed by atoms with E-state index in [1.807, 2.05) is 31.3 Å². The number of H-pyrrole nitrogens is 1. The average Bonchev–Trinajstić information content (AvgIpc) is 3.45. The number of aromatic nitrogens is 5. The van der Waals surface area contributed by atoms with Gasteiger partial charge in [-0.05, 0) is 42.3 Å². The summed E-state index contributed by atoms with van der Waals surface area (Å²) in [5.41, 5.74) is 8.03. The summed E-state index contributed by atoms with van der Waals surface area (Å²) in [5, 5.41) is 20.4. The summed E-state index contributed by atoms with van der Waals surface area (Å²) in [5.74, 6) is 0.147. The summed E-state index contributed by atoms with van der Waals surface area (Å²) in [7, 11) is -2.00. The molecule has 12 heteroatoms. The molecule has 4 aromatic rings. The average molecular weight is 473 g/mol. The normalized spacial score (nSPS) is 11.8. The number of fused-ring (bicyclic) bond motifs is 1. The van der Waals surface area contributed by atoms with E-state index in [0.717, 1.165) is 46.7 Å². The highest BCUT2D eigenvalue weighted by atomic mass is 32.2. The van der Waals surface area contributed by atoms with E-state index >= 15 is 0 Å². The maximum Gasteiger partial charge on any atom is 0.238 e. The summed E-state index contributed by atoms with van der Waals surface area (Å²) in [4.78, 5) is 6.94. The number of hydrogen-bond donors (Lipinski definition) is 3. The molecule has 168 valence electrons. The van der Waals surface area contributed by atoms with E-state index in [2.05, 4.69) is 25.5 Å². The quantitative estimate of drug-likeness (QED) is 0.313. The van der Waals surface area contributed by atoms with Crippen molar-refractivity contribution in [3.63, 3.8) is 0 Å². The lowest BCUT2D eigenvalue weighted by Gasteiger charge is -2.15. The Hall–Kier alpha value is -2.93. The van der Waals surface area contributed by atoms with Crippen LogP contribution in [0.1, 0.15) is 19.3 Å². The molecule has 5 N–H and O–H groups in total. The number of para-hydroxylation sites is 1. The molecule has 4 rings (SSSR count). The molecule has 2 aromatic carbocycles. The Morgan fingerprint density at radius 3 is 2.59 bits per heavy atom. The van der Waals surface area contributed by atoms with E-state index in [1.54, 1.807) is 17.4 Å². The maximum atomic E-state index is 12.3. The topological polar surface area (TPSA) is 157 Å². The number of nitrogens with zero attached hydrogens (tertiary/aromatic N) is 5. The first-order valence-corrected chi connectivity index (χ1v) is 12.5. The second-order valence-electron chi connectivity index (χ2n) is 7.38. The Kier molecular flexibility index (Phi) is 6.46. The van der Waals surface area contributed by atoms with Gasteiger partial charge in [0.1, 0.15) is 0 Å². The number of tetrazole rings is 1. The third-order valence-electron chi connectivity index (χ3n) is 5.12. The van der Waals surface area contributed by atoms with E-state index in [4.69, 9.17) is 15.9 Å². The number of sulfonamides is 1. The molecule has 0 saturated carbocycles. The fraction of sp³-hybridized carbons (Fsp3) is 0.300. The predicted molar refractivity (Wildman–Crippen MR) is 126 cm³/mol. The molecule has 0 aliphatic carbocycles. The molecule has 0 unspecified atom stereocenters. The van der Waals surface area contributed by atoms with Gasteiger partial charge in [0.15, 0.2) is 5.13 Å². The molecule has 2 aromatic heterocycles. The third kappa shape index (κ3) is 4.48. The first-order chi connectivity index (χ1) is 15.4. The van der Waals surface area contributed by atoms with Crippen LogP contribution in [0.3, 0.4) is 0 Å². The van der Waals surface area contributed by atoms with Crippen LogP contribution in [-0.4, -0.2) is 54.2 Å². The zero-order valence-electron chi connectivity index (χ0n) is 17.5. The van der Waals surface area contributed by atoms with Crippen molar-refractivity contribution >= 4 is 36.7 Å². The first-order valence-electron chi connectivity index (χ1n) is 10.1. The van der Waals surface area contributed by atoms with Gasteiger partial charge in [-0.3, -0.25) is 0 Å². The van der Waals surface area contributed by atoms with Crippen molar-refractivity contribution in [2.75, 3.05) is 25.0 Å². The molecular weight excluding hydrogens is 448 g/mol. The van der Waals surface area contributed by atoms with Crippen molar-refractivity contribution in [2.45, 2.75) is 24.2 Å². The number of anilines is 1. The smallest absolute Gasteiger partial charge is 0.238 e. The summed E-state index contributed by atoms with van der Waals surface area (Å²) in [6.45, 7) is 1.58. The SMILES string of the molecule is CN(CCCCCN)c1nc2c(-c3cccc(S(N)(=O)=O)c3-c3nn[nH]n3)cccc2s1. The third-order valence-corrected chi connectivity index (χ3v) is 7.21. The Morgan fingerprint density at radius 1 is 1.09 bits per heavy atom. The van der Waals surface area contributed by atoms with Crippen LogP contribution in [0, 0.1) is 0 Å². The first kappa shape index (κ1) is 22.3. The lowest BCUT2D eigenvalue weighted by Crippen LogP contribution is -2.18. The van der Waals surface area contributed by atoms with Crippen LogP contribution in [0.4, 0.5) is 5.13 Å². The predicted octanol–water partition coefficient (Wildman–Crippen LogP) is 2.36. The second-order valence-corrected chi connectivity index (χ2v) is 9.92. The molecular formula is C20H24N8O2S2. The number of aromatic amines is 1. The zero-order valence-corrected chi connectivity index (χ0v) is 19.2. The van der Waals surface area contributed by atoms with Gasteiger partial charge in [0, 0.05) is 19.2 Å². The Morgan fingerprint density at radius 2 is 1.88 bits per heavy atom. The van der Waals surface area contributed by atoms with Crippen LogP contribution in [-0.2, 0) is 10.0 Å². The number of hydrogen-bond acceptors (Lipinski definition) is 9. The number of unbranched alkanes of at least 4 members (excludes halogenated alkanes) is 2. The highest BCUT2D eigenvalue weighted by molar-refractivity contribution is 7.89. The van der Waals surface area contributed by atoms with Crippen molar-refractivity contribution in [2.24, 2.45) is 10.9 Å². The number of thiazole rings is 1. The van der Waals surface area contributed by atoms with Gasteiger partial charge in [-0.25, -0.2) is 18.5 Å². The van der Waals surface area contributed by atoms with Crippen molar-refractivity contribution < 1.29 is 8.42 Å². The molecule has 0 fully saturated rings. The molecule has 0 aliphatic rings. The minimum atomic E-state index is -4.02. The largest absolute Gasteiger partial charge is 0.351 e. The van der Waals surface area contributed by atoms with Gasteiger partial charge in [0.2, 0.25) is 15.8 Å².